The molecule has 4 heteroatoms. The maximum Gasteiger partial charge on any atom is 0.697 e. The quantitative estimate of drug-likeness (QED) is 0.254. The lowest BCUT2D eigenvalue weighted by Gasteiger charge is -1.98. The second kappa shape index (κ2) is 13.5. The monoisotopic (exact) mass is 301 g/mol. The van der Waals surface area contributed by atoms with Crippen molar-refractivity contribution in [2.75, 3.05) is 13.2 Å². The Morgan fingerprint density at radius 1 is 0.800 bits per heavy atom. The molecule has 0 bridgehead atoms. The molecule has 0 aliphatic carbocycles. The highest BCUT2D eigenvalue weighted by Gasteiger charge is 2.18. The van der Waals surface area contributed by atoms with E-state index < -0.39 is 8.25 Å². The molecule has 0 heterocycles. The van der Waals surface area contributed by atoms with Gasteiger partial charge in [0.25, 0.3) is 0 Å². The first-order valence-electron chi connectivity index (χ1n) is 7.76. The lowest BCUT2D eigenvalue weighted by Crippen LogP contribution is -1.91. The summed E-state index contributed by atoms with van der Waals surface area (Å²) in [6.07, 6.45) is 10.2. The van der Waals surface area contributed by atoms with E-state index in [0.29, 0.717) is 13.2 Å². The molecule has 0 amide bonds. The summed E-state index contributed by atoms with van der Waals surface area (Å²) in [6, 6.07) is 0. The van der Waals surface area contributed by atoms with Crippen LogP contribution < -0.4 is 0 Å². The van der Waals surface area contributed by atoms with Gasteiger partial charge in [0.2, 0.25) is 0 Å². The Balaban J connectivity index is 3.70. The lowest BCUT2D eigenvalue weighted by molar-refractivity contribution is 0.231. The first kappa shape index (κ1) is 19.5. The highest BCUT2D eigenvalue weighted by Crippen LogP contribution is 2.24. The molecule has 0 aromatic heterocycles. The molecule has 0 atom stereocenters. The number of rotatable bonds is 12. The summed E-state index contributed by atoms with van der Waals surface area (Å²) in [4.78, 5) is 0. The molecule has 0 saturated heterocycles. The minimum absolute atomic E-state index is 0.462. The Labute approximate surface area is 125 Å². The van der Waals surface area contributed by atoms with E-state index in [0.717, 1.165) is 38.5 Å². The first-order chi connectivity index (χ1) is 9.67. The fourth-order valence-corrected chi connectivity index (χ4v) is 2.48. The van der Waals surface area contributed by atoms with Crippen LogP contribution in [-0.2, 0) is 13.6 Å². The van der Waals surface area contributed by atoms with Crippen LogP contribution in [0.25, 0.3) is 0 Å². The van der Waals surface area contributed by atoms with Crippen LogP contribution in [0.4, 0.5) is 0 Å². The molecule has 0 rings (SSSR count). The van der Waals surface area contributed by atoms with E-state index in [1.807, 2.05) is 0 Å². The Hall–Kier alpha value is -0.500. The van der Waals surface area contributed by atoms with Gasteiger partial charge in [-0.15, -0.1) is 9.05 Å². The summed E-state index contributed by atoms with van der Waals surface area (Å²) in [5.41, 5.74) is 2.84. The minimum atomic E-state index is -1.97. The average molecular weight is 301 g/mol. The topological polar surface area (TPSA) is 35.5 Å². The van der Waals surface area contributed by atoms with Crippen LogP contribution >= 0.6 is 8.25 Å². The van der Waals surface area contributed by atoms with Crippen molar-refractivity contribution in [2.24, 2.45) is 0 Å². The predicted octanol–water partition coefficient (Wildman–Crippen LogP) is 5.95. The SMILES string of the molecule is CCC(=CCCO[P+](=O)OCCC=C(CC)CC)CC. The summed E-state index contributed by atoms with van der Waals surface area (Å²) in [5, 5.41) is 0. The van der Waals surface area contributed by atoms with Crippen molar-refractivity contribution in [1.82, 2.24) is 0 Å². The van der Waals surface area contributed by atoms with Gasteiger partial charge in [0, 0.05) is 4.57 Å². The maximum absolute atomic E-state index is 11.5. The fourth-order valence-electron chi connectivity index (χ4n) is 1.90. The van der Waals surface area contributed by atoms with Gasteiger partial charge >= 0.3 is 8.25 Å². The van der Waals surface area contributed by atoms with Crippen molar-refractivity contribution >= 4 is 8.25 Å². The smallest absolute Gasteiger partial charge is 0.119 e. The molecular weight excluding hydrogens is 271 g/mol. The molecule has 0 N–H and O–H groups in total. The fraction of sp³-hybridized carbons (Fsp3) is 0.750. The molecule has 0 aliphatic rings. The van der Waals surface area contributed by atoms with Crippen LogP contribution in [0, 0.1) is 0 Å². The van der Waals surface area contributed by atoms with Crippen molar-refractivity contribution in [3.8, 4) is 0 Å². The molecule has 116 valence electrons. The molecule has 0 unspecified atom stereocenters. The van der Waals surface area contributed by atoms with Crippen molar-refractivity contribution in [3.05, 3.63) is 23.3 Å². The Bertz CT molecular complexity index is 280. The van der Waals surface area contributed by atoms with Gasteiger partial charge in [0.05, 0.1) is 0 Å². The first-order valence-corrected chi connectivity index (χ1v) is 8.86. The number of hydrogen-bond donors (Lipinski definition) is 0. The molecule has 3 nitrogen and oxygen atoms in total. The van der Waals surface area contributed by atoms with Gasteiger partial charge < -0.3 is 0 Å². The summed E-state index contributed by atoms with van der Waals surface area (Å²) >= 11 is 0. The Morgan fingerprint density at radius 2 is 1.15 bits per heavy atom. The highest BCUT2D eigenvalue weighted by atomic mass is 31.1. The van der Waals surface area contributed by atoms with Gasteiger partial charge in [-0.3, -0.25) is 0 Å². The number of hydrogen-bond acceptors (Lipinski definition) is 3. The maximum atomic E-state index is 11.5. The van der Waals surface area contributed by atoms with Crippen molar-refractivity contribution in [2.45, 2.75) is 66.2 Å². The van der Waals surface area contributed by atoms with Gasteiger partial charge in [-0.1, -0.05) is 51.0 Å². The zero-order valence-electron chi connectivity index (χ0n) is 13.5. The zero-order valence-corrected chi connectivity index (χ0v) is 14.4. The molecule has 0 fully saturated rings. The Kier molecular flexibility index (Phi) is 13.1. The van der Waals surface area contributed by atoms with E-state index in [2.05, 4.69) is 39.8 Å². The summed E-state index contributed by atoms with van der Waals surface area (Å²) in [6.45, 7) is 9.51. The largest absolute Gasteiger partial charge is 0.697 e. The van der Waals surface area contributed by atoms with E-state index in [4.69, 9.17) is 9.05 Å². The molecule has 0 aromatic carbocycles. The van der Waals surface area contributed by atoms with Gasteiger partial charge in [-0.05, 0) is 38.5 Å². The molecule has 0 aliphatic heterocycles. The zero-order chi connectivity index (χ0) is 15.2. The molecular formula is C16H30O3P+. The van der Waals surface area contributed by atoms with Gasteiger partial charge in [-0.25, -0.2) is 0 Å². The van der Waals surface area contributed by atoms with E-state index in [1.165, 1.54) is 11.1 Å². The summed E-state index contributed by atoms with van der Waals surface area (Å²) in [5.74, 6) is 0. The van der Waals surface area contributed by atoms with E-state index in [-0.39, 0.29) is 0 Å². The van der Waals surface area contributed by atoms with Crippen LogP contribution in [0.2, 0.25) is 0 Å². The molecule has 0 aromatic rings. The van der Waals surface area contributed by atoms with E-state index in [1.54, 1.807) is 0 Å². The third-order valence-corrected chi connectivity index (χ3v) is 4.10. The third kappa shape index (κ3) is 10.3. The lowest BCUT2D eigenvalue weighted by atomic mass is 10.1. The third-order valence-electron chi connectivity index (χ3n) is 3.31. The second-order valence-corrected chi connectivity index (χ2v) is 5.57. The van der Waals surface area contributed by atoms with Crippen molar-refractivity contribution in [1.29, 1.82) is 0 Å². The van der Waals surface area contributed by atoms with Crippen LogP contribution in [0.3, 0.4) is 0 Å². The van der Waals surface area contributed by atoms with Crippen LogP contribution in [0.1, 0.15) is 66.2 Å². The predicted molar refractivity (Wildman–Crippen MR) is 86.1 cm³/mol. The van der Waals surface area contributed by atoms with Gasteiger partial charge in [-0.2, -0.15) is 0 Å². The van der Waals surface area contributed by atoms with Gasteiger partial charge in [0.1, 0.15) is 13.2 Å². The van der Waals surface area contributed by atoms with Gasteiger partial charge in [0.15, 0.2) is 0 Å². The minimum Gasteiger partial charge on any atom is -0.119 e. The van der Waals surface area contributed by atoms with E-state index >= 15 is 0 Å². The Morgan fingerprint density at radius 3 is 1.45 bits per heavy atom. The normalized spacial score (nSPS) is 10.2. The molecule has 0 radical (unpaired) electrons. The van der Waals surface area contributed by atoms with Crippen LogP contribution in [0.5, 0.6) is 0 Å². The molecule has 0 saturated carbocycles. The average Bonchev–Trinajstić information content (AvgIpc) is 2.47. The van der Waals surface area contributed by atoms with Crippen LogP contribution in [0.15, 0.2) is 23.3 Å². The van der Waals surface area contributed by atoms with Crippen molar-refractivity contribution in [3.63, 3.8) is 0 Å². The number of allylic oxidation sites excluding steroid dienone is 2. The van der Waals surface area contributed by atoms with Crippen molar-refractivity contribution < 1.29 is 13.6 Å². The standard InChI is InChI=1S/C16H30O3P/c1-5-15(6-2)11-9-13-18-20(17)19-14-10-12-16(7-3)8-4/h11-12H,5-10,13-14H2,1-4H3/q+1. The van der Waals surface area contributed by atoms with E-state index in [9.17, 15) is 4.57 Å². The van der Waals surface area contributed by atoms with Crippen LogP contribution in [-0.4, -0.2) is 13.2 Å². The second-order valence-electron chi connectivity index (χ2n) is 4.61. The summed E-state index contributed by atoms with van der Waals surface area (Å²) in [7, 11) is -1.97. The highest BCUT2D eigenvalue weighted by molar-refractivity contribution is 7.33. The summed E-state index contributed by atoms with van der Waals surface area (Å²) < 4.78 is 21.8. The molecule has 0 spiro atoms. The molecule has 20 heavy (non-hydrogen) atoms.